The third-order valence-corrected chi connectivity index (χ3v) is 2.20. The zero-order valence-electron chi connectivity index (χ0n) is 8.51. The fraction of sp³-hybridized carbons (Fsp3) is 0.0909. The molecular formula is C11H9FN2O2. The summed E-state index contributed by atoms with van der Waals surface area (Å²) in [5, 5.41) is 12.9. The summed E-state index contributed by atoms with van der Waals surface area (Å²) in [6.45, 7) is 1.60. The number of carboxylic acid groups (broad SMARTS) is 1. The van der Waals surface area contributed by atoms with E-state index in [4.69, 9.17) is 5.11 Å². The number of aryl methyl sites for hydroxylation is 1. The van der Waals surface area contributed by atoms with Gasteiger partial charge in [-0.25, -0.2) is 13.9 Å². The van der Waals surface area contributed by atoms with Crippen LogP contribution in [0.5, 0.6) is 0 Å². The van der Waals surface area contributed by atoms with Crippen molar-refractivity contribution in [3.63, 3.8) is 0 Å². The minimum absolute atomic E-state index is 0.115. The van der Waals surface area contributed by atoms with Crippen molar-refractivity contribution in [2.24, 2.45) is 0 Å². The van der Waals surface area contributed by atoms with Gasteiger partial charge in [0.05, 0.1) is 11.4 Å². The molecule has 1 N–H and O–H groups in total. The molecule has 2 rings (SSSR count). The standard InChI is InChI=1S/C11H9FN2O2/c1-7-10(11(15)16)6-14(13-7)9-4-2-3-8(12)5-9/h2-6H,1H3,(H,15,16). The maximum absolute atomic E-state index is 13.0. The quantitative estimate of drug-likeness (QED) is 0.842. The maximum atomic E-state index is 13.0. The summed E-state index contributed by atoms with van der Waals surface area (Å²) < 4.78 is 14.3. The molecule has 0 saturated heterocycles. The van der Waals surface area contributed by atoms with E-state index in [-0.39, 0.29) is 11.4 Å². The van der Waals surface area contributed by atoms with E-state index in [0.717, 1.165) is 0 Å². The predicted molar refractivity (Wildman–Crippen MR) is 55.2 cm³/mol. The van der Waals surface area contributed by atoms with E-state index in [1.165, 1.54) is 23.0 Å². The van der Waals surface area contributed by atoms with Crippen LogP contribution >= 0.6 is 0 Å². The van der Waals surface area contributed by atoms with Crippen molar-refractivity contribution in [1.82, 2.24) is 9.78 Å². The zero-order chi connectivity index (χ0) is 11.7. The van der Waals surface area contributed by atoms with Gasteiger partial charge in [0.25, 0.3) is 0 Å². The first kappa shape index (κ1) is 10.4. The summed E-state index contributed by atoms with van der Waals surface area (Å²) in [6, 6.07) is 5.80. The van der Waals surface area contributed by atoms with Crippen LogP contribution in [-0.4, -0.2) is 20.9 Å². The van der Waals surface area contributed by atoms with Crippen molar-refractivity contribution in [2.75, 3.05) is 0 Å². The molecular weight excluding hydrogens is 211 g/mol. The van der Waals surface area contributed by atoms with Gasteiger partial charge >= 0.3 is 5.97 Å². The van der Waals surface area contributed by atoms with Gasteiger partial charge in [-0.3, -0.25) is 0 Å². The van der Waals surface area contributed by atoms with Gasteiger partial charge in [-0.2, -0.15) is 5.10 Å². The second kappa shape index (κ2) is 3.77. The van der Waals surface area contributed by atoms with Crippen molar-refractivity contribution in [3.05, 3.63) is 47.5 Å². The molecule has 0 unspecified atom stereocenters. The third kappa shape index (κ3) is 1.79. The van der Waals surface area contributed by atoms with Gasteiger partial charge < -0.3 is 5.11 Å². The van der Waals surface area contributed by atoms with Crippen molar-refractivity contribution in [2.45, 2.75) is 6.92 Å². The van der Waals surface area contributed by atoms with Crippen LogP contribution in [0.25, 0.3) is 5.69 Å². The third-order valence-electron chi connectivity index (χ3n) is 2.20. The first-order chi connectivity index (χ1) is 7.58. The van der Waals surface area contributed by atoms with Gasteiger partial charge in [0, 0.05) is 6.20 Å². The Kier molecular flexibility index (Phi) is 2.44. The van der Waals surface area contributed by atoms with Crippen molar-refractivity contribution in [3.8, 4) is 5.69 Å². The van der Waals surface area contributed by atoms with E-state index in [1.807, 2.05) is 0 Å². The molecule has 0 aliphatic carbocycles. The second-order valence-electron chi connectivity index (χ2n) is 3.36. The number of hydrogen-bond acceptors (Lipinski definition) is 2. The van der Waals surface area contributed by atoms with Crippen molar-refractivity contribution in [1.29, 1.82) is 0 Å². The van der Waals surface area contributed by atoms with E-state index in [2.05, 4.69) is 5.10 Å². The van der Waals surface area contributed by atoms with Crippen LogP contribution in [0.15, 0.2) is 30.5 Å². The van der Waals surface area contributed by atoms with Gasteiger partial charge in [0.15, 0.2) is 0 Å². The number of halogens is 1. The maximum Gasteiger partial charge on any atom is 0.339 e. The van der Waals surface area contributed by atoms with Gasteiger partial charge in [-0.15, -0.1) is 0 Å². The highest BCUT2D eigenvalue weighted by molar-refractivity contribution is 5.88. The number of nitrogens with zero attached hydrogens (tertiary/aromatic N) is 2. The van der Waals surface area contributed by atoms with Gasteiger partial charge in [-0.05, 0) is 25.1 Å². The first-order valence-electron chi connectivity index (χ1n) is 4.63. The minimum atomic E-state index is -1.04. The zero-order valence-corrected chi connectivity index (χ0v) is 8.51. The number of aromatic carboxylic acids is 1. The van der Waals surface area contributed by atoms with Crippen LogP contribution in [0, 0.1) is 12.7 Å². The molecule has 0 spiro atoms. The van der Waals surface area contributed by atoms with E-state index in [0.29, 0.717) is 11.4 Å². The molecule has 82 valence electrons. The van der Waals surface area contributed by atoms with Crippen LogP contribution in [0.4, 0.5) is 4.39 Å². The van der Waals surface area contributed by atoms with Crippen LogP contribution in [-0.2, 0) is 0 Å². The van der Waals surface area contributed by atoms with Gasteiger partial charge in [0.2, 0.25) is 0 Å². The Balaban J connectivity index is 2.49. The molecule has 0 radical (unpaired) electrons. The summed E-state index contributed by atoms with van der Waals surface area (Å²) in [7, 11) is 0. The lowest BCUT2D eigenvalue weighted by Gasteiger charge is -1.99. The lowest BCUT2D eigenvalue weighted by atomic mass is 10.3. The molecule has 0 atom stereocenters. The summed E-state index contributed by atoms with van der Waals surface area (Å²) in [4.78, 5) is 10.8. The highest BCUT2D eigenvalue weighted by Gasteiger charge is 2.12. The van der Waals surface area contributed by atoms with Crippen LogP contribution in [0.2, 0.25) is 0 Å². The Hall–Kier alpha value is -2.17. The van der Waals surface area contributed by atoms with E-state index < -0.39 is 5.97 Å². The first-order valence-corrected chi connectivity index (χ1v) is 4.63. The molecule has 5 heteroatoms. The van der Waals surface area contributed by atoms with E-state index >= 15 is 0 Å². The number of rotatable bonds is 2. The van der Waals surface area contributed by atoms with Crippen LogP contribution in [0.1, 0.15) is 16.1 Å². The molecule has 0 fully saturated rings. The number of hydrogen-bond donors (Lipinski definition) is 1. The number of aromatic nitrogens is 2. The van der Waals surface area contributed by atoms with Gasteiger partial charge in [0.1, 0.15) is 11.4 Å². The van der Waals surface area contributed by atoms with Crippen molar-refractivity contribution < 1.29 is 14.3 Å². The molecule has 0 saturated carbocycles. The molecule has 16 heavy (non-hydrogen) atoms. The SMILES string of the molecule is Cc1nn(-c2cccc(F)c2)cc1C(=O)O. The topological polar surface area (TPSA) is 55.1 Å². The lowest BCUT2D eigenvalue weighted by molar-refractivity contribution is 0.0696. The summed E-state index contributed by atoms with van der Waals surface area (Å²) in [6.07, 6.45) is 1.37. The normalized spacial score (nSPS) is 10.4. The van der Waals surface area contributed by atoms with Crippen molar-refractivity contribution >= 4 is 5.97 Å². The number of carbonyl (C=O) groups is 1. The molecule has 0 bridgehead atoms. The molecule has 0 amide bonds. The highest BCUT2D eigenvalue weighted by atomic mass is 19.1. The van der Waals surface area contributed by atoms with E-state index in [1.54, 1.807) is 19.1 Å². The number of carboxylic acids is 1. The Bertz CT molecular complexity index is 549. The molecule has 2 aromatic rings. The monoisotopic (exact) mass is 220 g/mol. The molecule has 4 nitrogen and oxygen atoms in total. The molecule has 1 aromatic heterocycles. The van der Waals surface area contributed by atoms with Crippen LogP contribution < -0.4 is 0 Å². The fourth-order valence-corrected chi connectivity index (χ4v) is 1.42. The van der Waals surface area contributed by atoms with E-state index in [9.17, 15) is 9.18 Å². The molecule has 1 aromatic carbocycles. The Morgan fingerprint density at radius 1 is 1.50 bits per heavy atom. The molecule has 0 aliphatic rings. The predicted octanol–water partition coefficient (Wildman–Crippen LogP) is 2.02. The molecule has 0 aliphatic heterocycles. The van der Waals surface area contributed by atoms with Gasteiger partial charge in [-0.1, -0.05) is 6.07 Å². The summed E-state index contributed by atoms with van der Waals surface area (Å²) >= 11 is 0. The smallest absolute Gasteiger partial charge is 0.339 e. The number of benzene rings is 1. The second-order valence-corrected chi connectivity index (χ2v) is 3.36. The Labute approximate surface area is 90.9 Å². The Morgan fingerprint density at radius 3 is 2.81 bits per heavy atom. The fourth-order valence-electron chi connectivity index (χ4n) is 1.42. The summed E-state index contributed by atoms with van der Waals surface area (Å²) in [5.74, 6) is -1.43. The summed E-state index contributed by atoms with van der Waals surface area (Å²) in [5.41, 5.74) is 1.01. The largest absolute Gasteiger partial charge is 0.478 e. The van der Waals surface area contributed by atoms with Crippen LogP contribution in [0.3, 0.4) is 0 Å². The average Bonchev–Trinajstić information content (AvgIpc) is 2.60. The minimum Gasteiger partial charge on any atom is -0.478 e. The average molecular weight is 220 g/mol. The molecule has 1 heterocycles. The lowest BCUT2D eigenvalue weighted by Crippen LogP contribution is -1.96. The Morgan fingerprint density at radius 2 is 2.25 bits per heavy atom. The highest BCUT2D eigenvalue weighted by Crippen LogP contribution is 2.12.